The zero-order chi connectivity index (χ0) is 10.9. The molecule has 0 radical (unpaired) electrons. The van der Waals surface area contributed by atoms with Gasteiger partial charge in [0.25, 0.3) is 0 Å². The molecule has 0 amide bonds. The topological polar surface area (TPSA) is 66.5 Å². The van der Waals surface area contributed by atoms with E-state index in [1.165, 1.54) is 6.92 Å². The number of phenols is 1. The van der Waals surface area contributed by atoms with Crippen molar-refractivity contribution in [2.45, 2.75) is 19.1 Å². The summed E-state index contributed by atoms with van der Waals surface area (Å²) in [5.74, 6) is -2.57. The molecule has 78 valence electrons. The Labute approximate surface area is 79.8 Å². The summed E-state index contributed by atoms with van der Waals surface area (Å²) in [7, 11) is 0. The van der Waals surface area contributed by atoms with Crippen LogP contribution < -0.4 is 5.73 Å². The zero-order valence-corrected chi connectivity index (χ0v) is 7.54. The van der Waals surface area contributed by atoms with Gasteiger partial charge in [-0.05, 0) is 13.0 Å². The molecule has 4 N–H and O–H groups in total. The number of benzene rings is 1. The highest BCUT2D eigenvalue weighted by molar-refractivity contribution is 5.31. The van der Waals surface area contributed by atoms with E-state index < -0.39 is 29.5 Å². The smallest absolute Gasteiger partial charge is 0.165 e. The molecule has 3 nitrogen and oxygen atoms in total. The first-order chi connectivity index (χ1) is 6.43. The Bertz CT molecular complexity index is 342. The molecule has 0 saturated carbocycles. The SMILES string of the molecule is C[C@@H](O)[C@H](N)c1cc(F)c(O)cc1F. The van der Waals surface area contributed by atoms with E-state index in [9.17, 15) is 8.78 Å². The molecule has 0 aliphatic carbocycles. The van der Waals surface area contributed by atoms with Crippen LogP contribution >= 0.6 is 0 Å². The van der Waals surface area contributed by atoms with Crippen molar-refractivity contribution in [2.24, 2.45) is 5.73 Å². The van der Waals surface area contributed by atoms with E-state index in [2.05, 4.69) is 0 Å². The molecule has 14 heavy (non-hydrogen) atoms. The van der Waals surface area contributed by atoms with Crippen LogP contribution in [-0.4, -0.2) is 16.3 Å². The summed E-state index contributed by atoms with van der Waals surface area (Å²) in [5, 5.41) is 17.9. The number of phenolic OH excluding ortho intramolecular Hbond substituents is 1. The lowest BCUT2D eigenvalue weighted by atomic mass is 10.0. The standard InChI is InChI=1S/C9H11F2NO2/c1-4(13)9(12)5-2-7(11)8(14)3-6(5)10/h2-4,9,13-14H,12H2,1H3/t4-,9+/m1/s1. The monoisotopic (exact) mass is 203 g/mol. The summed E-state index contributed by atoms with van der Waals surface area (Å²) in [6.07, 6.45) is -0.992. The van der Waals surface area contributed by atoms with Crippen LogP contribution in [0.3, 0.4) is 0 Å². The maximum atomic E-state index is 13.1. The minimum atomic E-state index is -1.01. The van der Waals surface area contributed by atoms with E-state index in [1.54, 1.807) is 0 Å². The summed E-state index contributed by atoms with van der Waals surface area (Å²) < 4.78 is 26.0. The van der Waals surface area contributed by atoms with Crippen LogP contribution in [0.5, 0.6) is 5.75 Å². The fourth-order valence-corrected chi connectivity index (χ4v) is 1.07. The average Bonchev–Trinajstić information content (AvgIpc) is 2.10. The molecule has 0 aliphatic heterocycles. The molecular formula is C9H11F2NO2. The van der Waals surface area contributed by atoms with E-state index in [0.29, 0.717) is 6.07 Å². The number of aliphatic hydroxyl groups is 1. The molecule has 0 unspecified atom stereocenters. The van der Waals surface area contributed by atoms with Crippen LogP contribution in [0, 0.1) is 11.6 Å². The molecule has 0 bridgehead atoms. The third-order valence-electron chi connectivity index (χ3n) is 1.94. The van der Waals surface area contributed by atoms with Crippen LogP contribution in [-0.2, 0) is 0 Å². The Balaban J connectivity index is 3.15. The highest BCUT2D eigenvalue weighted by atomic mass is 19.1. The van der Waals surface area contributed by atoms with Crippen molar-refractivity contribution in [1.29, 1.82) is 0 Å². The molecule has 0 saturated heterocycles. The largest absolute Gasteiger partial charge is 0.505 e. The Morgan fingerprint density at radius 3 is 2.36 bits per heavy atom. The third-order valence-corrected chi connectivity index (χ3v) is 1.94. The van der Waals surface area contributed by atoms with Crippen molar-refractivity contribution in [3.8, 4) is 5.75 Å². The fourth-order valence-electron chi connectivity index (χ4n) is 1.07. The third kappa shape index (κ3) is 2.00. The second kappa shape index (κ2) is 3.89. The summed E-state index contributed by atoms with van der Waals surface area (Å²) in [5.41, 5.74) is 5.26. The lowest BCUT2D eigenvalue weighted by Crippen LogP contribution is -2.24. The maximum absolute atomic E-state index is 13.1. The van der Waals surface area contributed by atoms with Crippen molar-refractivity contribution in [2.75, 3.05) is 0 Å². The normalized spacial score (nSPS) is 15.2. The maximum Gasteiger partial charge on any atom is 0.165 e. The summed E-state index contributed by atoms with van der Waals surface area (Å²) in [6, 6.07) is 0.402. The van der Waals surface area contributed by atoms with Gasteiger partial charge in [0.05, 0.1) is 12.1 Å². The first-order valence-corrected chi connectivity index (χ1v) is 4.05. The van der Waals surface area contributed by atoms with E-state index in [1.807, 2.05) is 0 Å². The molecule has 0 spiro atoms. The molecular weight excluding hydrogens is 192 g/mol. The number of rotatable bonds is 2. The number of hydrogen-bond donors (Lipinski definition) is 3. The lowest BCUT2D eigenvalue weighted by molar-refractivity contribution is 0.162. The average molecular weight is 203 g/mol. The first kappa shape index (κ1) is 10.9. The van der Waals surface area contributed by atoms with Crippen LogP contribution in [0.25, 0.3) is 0 Å². The van der Waals surface area contributed by atoms with Gasteiger partial charge in [0.1, 0.15) is 5.82 Å². The first-order valence-electron chi connectivity index (χ1n) is 4.05. The van der Waals surface area contributed by atoms with Crippen molar-refractivity contribution < 1.29 is 19.0 Å². The van der Waals surface area contributed by atoms with Gasteiger partial charge < -0.3 is 15.9 Å². The van der Waals surface area contributed by atoms with E-state index in [0.717, 1.165) is 6.07 Å². The lowest BCUT2D eigenvalue weighted by Gasteiger charge is -2.16. The van der Waals surface area contributed by atoms with Crippen molar-refractivity contribution in [3.05, 3.63) is 29.3 Å². The summed E-state index contributed by atoms with van der Waals surface area (Å²) in [4.78, 5) is 0. The molecule has 1 aromatic rings. The molecule has 0 aromatic heterocycles. The predicted octanol–water partition coefficient (Wildman–Crippen LogP) is 1.05. The predicted molar refractivity (Wildman–Crippen MR) is 46.6 cm³/mol. The molecule has 0 fully saturated rings. The van der Waals surface area contributed by atoms with Crippen molar-refractivity contribution in [1.82, 2.24) is 0 Å². The number of hydrogen-bond acceptors (Lipinski definition) is 3. The highest BCUT2D eigenvalue weighted by Crippen LogP contribution is 2.24. The van der Waals surface area contributed by atoms with Crippen molar-refractivity contribution >= 4 is 0 Å². The van der Waals surface area contributed by atoms with E-state index in [-0.39, 0.29) is 5.56 Å². The number of aromatic hydroxyl groups is 1. The molecule has 1 rings (SSSR count). The molecule has 1 aromatic carbocycles. The summed E-state index contributed by atoms with van der Waals surface area (Å²) in [6.45, 7) is 1.37. The quantitative estimate of drug-likeness (QED) is 0.673. The van der Waals surface area contributed by atoms with Gasteiger partial charge in [-0.2, -0.15) is 0 Å². The Morgan fingerprint density at radius 2 is 1.86 bits per heavy atom. The van der Waals surface area contributed by atoms with Crippen LogP contribution in [0.1, 0.15) is 18.5 Å². The number of nitrogens with two attached hydrogens (primary N) is 1. The zero-order valence-electron chi connectivity index (χ0n) is 7.54. The minimum absolute atomic E-state index is 0.157. The Morgan fingerprint density at radius 1 is 1.29 bits per heavy atom. The molecule has 5 heteroatoms. The highest BCUT2D eigenvalue weighted by Gasteiger charge is 2.18. The van der Waals surface area contributed by atoms with Crippen LogP contribution in [0.2, 0.25) is 0 Å². The van der Waals surface area contributed by atoms with E-state index >= 15 is 0 Å². The van der Waals surface area contributed by atoms with Crippen molar-refractivity contribution in [3.63, 3.8) is 0 Å². The van der Waals surface area contributed by atoms with Gasteiger partial charge >= 0.3 is 0 Å². The summed E-state index contributed by atoms with van der Waals surface area (Å²) >= 11 is 0. The van der Waals surface area contributed by atoms with Gasteiger partial charge in [0.2, 0.25) is 0 Å². The Kier molecular flexibility index (Phi) is 3.03. The molecule has 0 aliphatic rings. The van der Waals surface area contributed by atoms with Gasteiger partial charge in [0.15, 0.2) is 11.6 Å². The number of halogens is 2. The van der Waals surface area contributed by atoms with Gasteiger partial charge in [0, 0.05) is 11.6 Å². The van der Waals surface area contributed by atoms with Crippen LogP contribution in [0.15, 0.2) is 12.1 Å². The number of aliphatic hydroxyl groups excluding tert-OH is 1. The molecule has 2 atom stereocenters. The minimum Gasteiger partial charge on any atom is -0.505 e. The van der Waals surface area contributed by atoms with E-state index in [4.69, 9.17) is 15.9 Å². The fraction of sp³-hybridized carbons (Fsp3) is 0.333. The van der Waals surface area contributed by atoms with Crippen LogP contribution in [0.4, 0.5) is 8.78 Å². The molecule has 0 heterocycles. The second-order valence-electron chi connectivity index (χ2n) is 3.09. The van der Waals surface area contributed by atoms with Gasteiger partial charge in [-0.3, -0.25) is 0 Å². The van der Waals surface area contributed by atoms with Gasteiger partial charge in [-0.15, -0.1) is 0 Å². The second-order valence-corrected chi connectivity index (χ2v) is 3.09. The van der Waals surface area contributed by atoms with Gasteiger partial charge in [-0.25, -0.2) is 8.78 Å². The van der Waals surface area contributed by atoms with Gasteiger partial charge in [-0.1, -0.05) is 0 Å². The Hall–Kier alpha value is -1.20.